The molecule has 1 N–H and O–H groups in total. The van der Waals surface area contributed by atoms with Crippen LogP contribution in [0.15, 0.2) is 83.1 Å². The molecular weight excluding hydrogens is 432 g/mol. The van der Waals surface area contributed by atoms with E-state index in [0.29, 0.717) is 16.8 Å². The molecule has 29 heavy (non-hydrogen) atoms. The minimum atomic E-state index is -0.746. The van der Waals surface area contributed by atoms with Gasteiger partial charge in [-0.3, -0.25) is 19.5 Å². The molecule has 3 aromatic rings. The SMILES string of the molecule is Cc1ccc(N2C(=O)C(=O)/C(=C(\O)c3ccc(Br)cc3)C2c2ccncc2)cc1. The summed E-state index contributed by atoms with van der Waals surface area (Å²) in [4.78, 5) is 31.4. The van der Waals surface area contributed by atoms with Crippen LogP contribution in [0, 0.1) is 6.92 Å². The molecule has 2 aromatic carbocycles. The van der Waals surface area contributed by atoms with E-state index in [0.717, 1.165) is 10.0 Å². The van der Waals surface area contributed by atoms with Crippen molar-refractivity contribution in [1.29, 1.82) is 0 Å². The molecule has 6 heteroatoms. The van der Waals surface area contributed by atoms with Crippen molar-refractivity contribution >= 4 is 39.1 Å². The van der Waals surface area contributed by atoms with Crippen molar-refractivity contribution in [1.82, 2.24) is 4.98 Å². The van der Waals surface area contributed by atoms with Gasteiger partial charge in [-0.15, -0.1) is 0 Å². The standard InChI is InChI=1S/C23H17BrN2O3/c1-14-2-8-18(9-3-14)26-20(15-10-12-25-13-11-15)19(22(28)23(26)29)21(27)16-4-6-17(24)7-5-16/h2-13,20,27H,1H3/b21-19-. The summed E-state index contributed by atoms with van der Waals surface area (Å²) in [7, 11) is 0. The number of carbonyl (C=O) groups is 2. The Hall–Kier alpha value is -3.25. The third-order valence-electron chi connectivity index (χ3n) is 4.90. The number of aromatic nitrogens is 1. The van der Waals surface area contributed by atoms with E-state index in [1.807, 2.05) is 19.1 Å². The Labute approximate surface area is 176 Å². The molecule has 0 spiro atoms. The fourth-order valence-electron chi connectivity index (χ4n) is 3.43. The molecule has 1 atom stereocenters. The van der Waals surface area contributed by atoms with E-state index in [1.54, 1.807) is 60.9 Å². The van der Waals surface area contributed by atoms with E-state index in [2.05, 4.69) is 20.9 Å². The third-order valence-corrected chi connectivity index (χ3v) is 5.42. The molecule has 0 saturated carbocycles. The van der Waals surface area contributed by atoms with E-state index in [-0.39, 0.29) is 11.3 Å². The predicted molar refractivity (Wildman–Crippen MR) is 114 cm³/mol. The van der Waals surface area contributed by atoms with Gasteiger partial charge in [0.25, 0.3) is 11.7 Å². The van der Waals surface area contributed by atoms with Crippen LogP contribution in [0.5, 0.6) is 0 Å². The van der Waals surface area contributed by atoms with Gasteiger partial charge in [-0.2, -0.15) is 0 Å². The van der Waals surface area contributed by atoms with Gasteiger partial charge in [0.15, 0.2) is 0 Å². The van der Waals surface area contributed by atoms with E-state index >= 15 is 0 Å². The Morgan fingerprint density at radius 2 is 1.59 bits per heavy atom. The van der Waals surface area contributed by atoms with E-state index in [4.69, 9.17) is 0 Å². The smallest absolute Gasteiger partial charge is 0.300 e. The largest absolute Gasteiger partial charge is 0.507 e. The molecule has 1 aromatic heterocycles. The average Bonchev–Trinajstić information content (AvgIpc) is 3.00. The summed E-state index contributed by atoms with van der Waals surface area (Å²) in [5.41, 5.74) is 2.85. The number of rotatable bonds is 3. The number of benzene rings is 2. The number of Topliss-reactive ketones (excluding diaryl/α,β-unsaturated/α-hetero) is 1. The van der Waals surface area contributed by atoms with Crippen LogP contribution >= 0.6 is 15.9 Å². The summed E-state index contributed by atoms with van der Waals surface area (Å²) in [6.45, 7) is 1.95. The first-order chi connectivity index (χ1) is 14.0. The maximum absolute atomic E-state index is 13.0. The second-order valence-corrected chi connectivity index (χ2v) is 7.71. The number of halogens is 1. The molecule has 144 valence electrons. The number of aryl methyl sites for hydroxylation is 1. The number of ketones is 1. The highest BCUT2D eigenvalue weighted by atomic mass is 79.9. The molecule has 2 heterocycles. The molecule has 1 aliphatic heterocycles. The zero-order valence-corrected chi connectivity index (χ0v) is 17.1. The second kappa shape index (κ2) is 7.64. The number of hydrogen-bond donors (Lipinski definition) is 1. The van der Waals surface area contributed by atoms with Gasteiger partial charge in [0, 0.05) is 28.1 Å². The Bertz CT molecular complexity index is 1110. The minimum Gasteiger partial charge on any atom is -0.507 e. The zero-order chi connectivity index (χ0) is 20.5. The Balaban J connectivity index is 1.93. The van der Waals surface area contributed by atoms with Gasteiger partial charge in [0.2, 0.25) is 0 Å². The van der Waals surface area contributed by atoms with Gasteiger partial charge in [-0.1, -0.05) is 45.8 Å². The van der Waals surface area contributed by atoms with Crippen molar-refractivity contribution in [3.8, 4) is 0 Å². The third kappa shape index (κ3) is 3.47. The minimum absolute atomic E-state index is 0.0593. The molecular formula is C23H17BrN2O3. The maximum atomic E-state index is 13.0. The van der Waals surface area contributed by atoms with Crippen LogP contribution in [-0.4, -0.2) is 21.8 Å². The number of pyridine rings is 1. The lowest BCUT2D eigenvalue weighted by Crippen LogP contribution is -2.29. The highest BCUT2D eigenvalue weighted by Crippen LogP contribution is 2.42. The number of aliphatic hydroxyl groups excluding tert-OH is 1. The first-order valence-corrected chi connectivity index (χ1v) is 9.80. The van der Waals surface area contributed by atoms with E-state index < -0.39 is 17.7 Å². The molecule has 1 aliphatic rings. The van der Waals surface area contributed by atoms with Crippen LogP contribution in [-0.2, 0) is 9.59 Å². The number of hydrogen-bond acceptors (Lipinski definition) is 4. The maximum Gasteiger partial charge on any atom is 0.300 e. The molecule has 1 amide bonds. The Morgan fingerprint density at radius 3 is 2.21 bits per heavy atom. The summed E-state index contributed by atoms with van der Waals surface area (Å²) >= 11 is 3.36. The normalized spacial score (nSPS) is 18.3. The Kier molecular flexibility index (Phi) is 5.03. The molecule has 4 rings (SSSR count). The molecule has 1 saturated heterocycles. The zero-order valence-electron chi connectivity index (χ0n) is 15.5. The van der Waals surface area contributed by atoms with E-state index in [9.17, 15) is 14.7 Å². The summed E-state index contributed by atoms with van der Waals surface area (Å²) in [5.74, 6) is -1.59. The van der Waals surface area contributed by atoms with Crippen LogP contribution in [0.1, 0.15) is 22.7 Å². The first kappa shape index (κ1) is 19.1. The first-order valence-electron chi connectivity index (χ1n) is 9.01. The van der Waals surface area contributed by atoms with Crippen LogP contribution in [0.4, 0.5) is 5.69 Å². The number of aliphatic hydroxyl groups is 1. The van der Waals surface area contributed by atoms with Crippen LogP contribution in [0.25, 0.3) is 5.76 Å². The van der Waals surface area contributed by atoms with E-state index in [1.165, 1.54) is 4.90 Å². The lowest BCUT2D eigenvalue weighted by molar-refractivity contribution is -0.132. The highest BCUT2D eigenvalue weighted by molar-refractivity contribution is 9.10. The van der Waals surface area contributed by atoms with Crippen LogP contribution < -0.4 is 4.90 Å². The van der Waals surface area contributed by atoms with Gasteiger partial charge >= 0.3 is 0 Å². The molecule has 0 bridgehead atoms. The van der Waals surface area contributed by atoms with Gasteiger partial charge in [0.05, 0.1) is 11.6 Å². The predicted octanol–water partition coefficient (Wildman–Crippen LogP) is 4.78. The van der Waals surface area contributed by atoms with Crippen molar-refractivity contribution in [3.63, 3.8) is 0 Å². The van der Waals surface area contributed by atoms with Crippen molar-refractivity contribution in [2.75, 3.05) is 4.90 Å². The summed E-state index contributed by atoms with van der Waals surface area (Å²) in [5, 5.41) is 11.0. The Morgan fingerprint density at radius 1 is 0.966 bits per heavy atom. The van der Waals surface area contributed by atoms with Crippen molar-refractivity contribution in [2.45, 2.75) is 13.0 Å². The molecule has 1 unspecified atom stereocenters. The van der Waals surface area contributed by atoms with Gasteiger partial charge in [-0.25, -0.2) is 0 Å². The lowest BCUT2D eigenvalue weighted by Gasteiger charge is -2.25. The van der Waals surface area contributed by atoms with Crippen LogP contribution in [0.2, 0.25) is 0 Å². The molecule has 0 radical (unpaired) electrons. The fourth-order valence-corrected chi connectivity index (χ4v) is 3.69. The average molecular weight is 449 g/mol. The van der Waals surface area contributed by atoms with Crippen molar-refractivity contribution in [3.05, 3.63) is 99.8 Å². The summed E-state index contributed by atoms with van der Waals surface area (Å²) < 4.78 is 0.847. The number of anilines is 1. The molecule has 5 nitrogen and oxygen atoms in total. The lowest BCUT2D eigenvalue weighted by atomic mass is 9.96. The van der Waals surface area contributed by atoms with Gasteiger partial charge in [-0.05, 0) is 48.9 Å². The quantitative estimate of drug-likeness (QED) is 0.355. The van der Waals surface area contributed by atoms with Crippen LogP contribution in [0.3, 0.4) is 0 Å². The highest BCUT2D eigenvalue weighted by Gasteiger charge is 2.46. The van der Waals surface area contributed by atoms with Crippen molar-refractivity contribution in [2.24, 2.45) is 0 Å². The summed E-state index contributed by atoms with van der Waals surface area (Å²) in [6, 6.07) is 17.0. The summed E-state index contributed by atoms with van der Waals surface area (Å²) in [6.07, 6.45) is 3.20. The molecule has 0 aliphatic carbocycles. The van der Waals surface area contributed by atoms with Crippen molar-refractivity contribution < 1.29 is 14.7 Å². The van der Waals surface area contributed by atoms with Gasteiger partial charge in [0.1, 0.15) is 5.76 Å². The van der Waals surface area contributed by atoms with Gasteiger partial charge < -0.3 is 5.11 Å². The molecule has 1 fully saturated rings. The second-order valence-electron chi connectivity index (χ2n) is 6.79. The number of carbonyl (C=O) groups excluding carboxylic acids is 2. The topological polar surface area (TPSA) is 70.5 Å². The monoisotopic (exact) mass is 448 g/mol. The number of nitrogens with zero attached hydrogens (tertiary/aromatic N) is 2. The fraction of sp³-hybridized carbons (Fsp3) is 0.0870. The number of amides is 1.